The molecule has 1 amide bonds. The highest BCUT2D eigenvalue weighted by Crippen LogP contribution is 2.35. The van der Waals surface area contributed by atoms with Gasteiger partial charge in [-0.05, 0) is 18.6 Å². The molecule has 2 aliphatic heterocycles. The van der Waals surface area contributed by atoms with Crippen molar-refractivity contribution in [3.8, 4) is 0 Å². The van der Waals surface area contributed by atoms with Crippen molar-refractivity contribution < 1.29 is 14.3 Å². The predicted octanol–water partition coefficient (Wildman–Crippen LogP) is 0.783. The molecule has 2 aliphatic rings. The molecule has 0 unspecified atom stereocenters. The number of carbonyl (C=O) groups excluding carboxylic acids is 1. The number of anilines is 1. The van der Waals surface area contributed by atoms with E-state index in [9.17, 15) is 4.79 Å². The molecule has 2 fully saturated rings. The van der Waals surface area contributed by atoms with Crippen molar-refractivity contribution in [2.24, 2.45) is 5.41 Å². The van der Waals surface area contributed by atoms with Gasteiger partial charge in [0.25, 0.3) is 0 Å². The zero-order valence-electron chi connectivity index (χ0n) is 13.0. The standard InChI is InChI=1S/C16H23N3O3/c1-21-10-15(20)19-8-9-22-13-16(12-19)5-7-18(11-16)14-4-2-3-6-17-14/h2-4,6H,5,7-13H2,1H3/t16-/m1/s1. The molecule has 0 bridgehead atoms. The molecule has 6 heteroatoms. The molecule has 0 aromatic carbocycles. The van der Waals surface area contributed by atoms with E-state index in [1.165, 1.54) is 0 Å². The number of pyridine rings is 1. The Kier molecular flexibility index (Phi) is 4.59. The molecule has 1 aromatic heterocycles. The van der Waals surface area contributed by atoms with Gasteiger partial charge in [-0.1, -0.05) is 6.07 Å². The van der Waals surface area contributed by atoms with E-state index in [1.54, 1.807) is 7.11 Å². The van der Waals surface area contributed by atoms with Crippen molar-refractivity contribution in [2.45, 2.75) is 6.42 Å². The van der Waals surface area contributed by atoms with Crippen LogP contribution in [0.3, 0.4) is 0 Å². The molecule has 120 valence electrons. The number of rotatable bonds is 3. The predicted molar refractivity (Wildman–Crippen MR) is 82.8 cm³/mol. The maximum atomic E-state index is 12.2. The number of methoxy groups -OCH3 is 1. The van der Waals surface area contributed by atoms with E-state index in [4.69, 9.17) is 9.47 Å². The third kappa shape index (κ3) is 3.23. The average molecular weight is 305 g/mol. The van der Waals surface area contributed by atoms with Crippen molar-refractivity contribution in [3.05, 3.63) is 24.4 Å². The Labute approximate surface area is 131 Å². The molecule has 3 heterocycles. The van der Waals surface area contributed by atoms with Crippen molar-refractivity contribution in [2.75, 3.05) is 58.0 Å². The summed E-state index contributed by atoms with van der Waals surface area (Å²) >= 11 is 0. The second-order valence-corrected chi connectivity index (χ2v) is 6.16. The van der Waals surface area contributed by atoms with Gasteiger partial charge in [0.05, 0.1) is 13.2 Å². The van der Waals surface area contributed by atoms with E-state index in [1.807, 2.05) is 29.3 Å². The minimum Gasteiger partial charge on any atom is -0.379 e. The summed E-state index contributed by atoms with van der Waals surface area (Å²) in [5.41, 5.74) is -0.00256. The van der Waals surface area contributed by atoms with Crippen LogP contribution in [0.2, 0.25) is 0 Å². The summed E-state index contributed by atoms with van der Waals surface area (Å²) in [7, 11) is 1.56. The maximum absolute atomic E-state index is 12.2. The van der Waals surface area contributed by atoms with Gasteiger partial charge in [-0.25, -0.2) is 4.98 Å². The van der Waals surface area contributed by atoms with Crippen LogP contribution in [0.1, 0.15) is 6.42 Å². The molecule has 1 atom stereocenters. The van der Waals surface area contributed by atoms with Crippen LogP contribution < -0.4 is 4.90 Å². The van der Waals surface area contributed by atoms with Gasteiger partial charge in [-0.3, -0.25) is 4.79 Å². The monoisotopic (exact) mass is 305 g/mol. The fraction of sp³-hybridized carbons (Fsp3) is 0.625. The number of hydrogen-bond donors (Lipinski definition) is 0. The van der Waals surface area contributed by atoms with Crippen molar-refractivity contribution >= 4 is 11.7 Å². The summed E-state index contributed by atoms with van der Waals surface area (Å²) in [6, 6.07) is 5.96. The van der Waals surface area contributed by atoms with Crippen molar-refractivity contribution in [3.63, 3.8) is 0 Å². The molecule has 3 rings (SSSR count). The largest absolute Gasteiger partial charge is 0.379 e. The lowest BCUT2D eigenvalue weighted by molar-refractivity contribution is -0.136. The van der Waals surface area contributed by atoms with Crippen LogP contribution in [-0.2, 0) is 14.3 Å². The van der Waals surface area contributed by atoms with Gasteiger partial charge in [-0.2, -0.15) is 0 Å². The van der Waals surface area contributed by atoms with E-state index < -0.39 is 0 Å². The number of amides is 1. The van der Waals surface area contributed by atoms with Gasteiger partial charge >= 0.3 is 0 Å². The minimum atomic E-state index is -0.00256. The van der Waals surface area contributed by atoms with Gasteiger partial charge < -0.3 is 19.3 Å². The quantitative estimate of drug-likeness (QED) is 0.826. The van der Waals surface area contributed by atoms with Gasteiger partial charge in [0, 0.05) is 44.9 Å². The van der Waals surface area contributed by atoms with Crippen LogP contribution in [0.25, 0.3) is 0 Å². The van der Waals surface area contributed by atoms with Gasteiger partial charge in [0.1, 0.15) is 12.4 Å². The van der Waals surface area contributed by atoms with Crippen molar-refractivity contribution in [1.82, 2.24) is 9.88 Å². The maximum Gasteiger partial charge on any atom is 0.248 e. The topological polar surface area (TPSA) is 54.9 Å². The van der Waals surface area contributed by atoms with E-state index in [0.29, 0.717) is 19.8 Å². The Balaban J connectivity index is 1.71. The fourth-order valence-electron chi connectivity index (χ4n) is 3.34. The van der Waals surface area contributed by atoms with Gasteiger partial charge in [-0.15, -0.1) is 0 Å². The Hall–Kier alpha value is -1.66. The summed E-state index contributed by atoms with van der Waals surface area (Å²) in [4.78, 5) is 20.8. The Bertz CT molecular complexity index is 511. The first-order valence-electron chi connectivity index (χ1n) is 7.73. The molecule has 22 heavy (non-hydrogen) atoms. The second kappa shape index (κ2) is 6.62. The summed E-state index contributed by atoms with van der Waals surface area (Å²) in [5, 5.41) is 0. The van der Waals surface area contributed by atoms with Crippen LogP contribution in [0, 0.1) is 5.41 Å². The molecule has 2 saturated heterocycles. The number of carbonyl (C=O) groups is 1. The van der Waals surface area contributed by atoms with Gasteiger partial charge in [0.2, 0.25) is 5.91 Å². The summed E-state index contributed by atoms with van der Waals surface area (Å²) < 4.78 is 10.8. The first-order chi connectivity index (χ1) is 10.7. The highest BCUT2D eigenvalue weighted by Gasteiger charge is 2.42. The first kappa shape index (κ1) is 15.2. The zero-order chi connectivity index (χ0) is 15.4. The molecule has 0 saturated carbocycles. The fourth-order valence-corrected chi connectivity index (χ4v) is 3.34. The number of ether oxygens (including phenoxy) is 2. The van der Waals surface area contributed by atoms with Crippen LogP contribution in [0.15, 0.2) is 24.4 Å². The van der Waals surface area contributed by atoms with Crippen LogP contribution in [0.4, 0.5) is 5.82 Å². The van der Waals surface area contributed by atoms with E-state index in [2.05, 4.69) is 9.88 Å². The Morgan fingerprint density at radius 3 is 3.09 bits per heavy atom. The average Bonchev–Trinajstić information content (AvgIpc) is 2.83. The zero-order valence-corrected chi connectivity index (χ0v) is 13.0. The van der Waals surface area contributed by atoms with Gasteiger partial charge in [0.15, 0.2) is 0 Å². The third-order valence-electron chi connectivity index (χ3n) is 4.47. The number of nitrogens with zero attached hydrogens (tertiary/aromatic N) is 3. The highest BCUT2D eigenvalue weighted by molar-refractivity contribution is 5.77. The molecule has 6 nitrogen and oxygen atoms in total. The van der Waals surface area contributed by atoms with Crippen LogP contribution in [-0.4, -0.2) is 68.9 Å². The van der Waals surface area contributed by atoms with E-state index in [-0.39, 0.29) is 17.9 Å². The number of aromatic nitrogens is 1. The SMILES string of the molecule is COCC(=O)N1CCOC[C@@]2(CCN(c3ccccn3)C2)C1. The molecular formula is C16H23N3O3. The minimum absolute atomic E-state index is 0.00256. The summed E-state index contributed by atoms with van der Waals surface area (Å²) in [6.45, 7) is 4.65. The lowest BCUT2D eigenvalue weighted by Gasteiger charge is -2.31. The first-order valence-corrected chi connectivity index (χ1v) is 7.73. The summed E-state index contributed by atoms with van der Waals surface area (Å²) in [6.07, 6.45) is 2.83. The molecule has 1 aromatic rings. The van der Waals surface area contributed by atoms with E-state index >= 15 is 0 Å². The third-order valence-corrected chi connectivity index (χ3v) is 4.47. The van der Waals surface area contributed by atoms with E-state index in [0.717, 1.165) is 31.9 Å². The molecule has 0 N–H and O–H groups in total. The second-order valence-electron chi connectivity index (χ2n) is 6.16. The highest BCUT2D eigenvalue weighted by atomic mass is 16.5. The Morgan fingerprint density at radius 1 is 1.41 bits per heavy atom. The van der Waals surface area contributed by atoms with Crippen LogP contribution in [0.5, 0.6) is 0 Å². The van der Waals surface area contributed by atoms with Crippen molar-refractivity contribution in [1.29, 1.82) is 0 Å². The summed E-state index contributed by atoms with van der Waals surface area (Å²) in [5.74, 6) is 1.04. The normalized spacial score (nSPS) is 25.5. The smallest absolute Gasteiger partial charge is 0.248 e. The number of hydrogen-bond acceptors (Lipinski definition) is 5. The molecular weight excluding hydrogens is 282 g/mol. The molecule has 0 aliphatic carbocycles. The Morgan fingerprint density at radius 2 is 2.32 bits per heavy atom. The lowest BCUT2D eigenvalue weighted by Crippen LogP contribution is -2.44. The lowest BCUT2D eigenvalue weighted by atomic mass is 9.87. The molecule has 0 radical (unpaired) electrons. The molecule has 1 spiro atoms. The van der Waals surface area contributed by atoms with Crippen LogP contribution >= 0.6 is 0 Å².